The number of benzene rings is 1. The molecule has 0 N–H and O–H groups in total. The molecule has 0 radical (unpaired) electrons. The van der Waals surface area contributed by atoms with Gasteiger partial charge in [0.25, 0.3) is 10.0 Å². The van der Waals surface area contributed by atoms with E-state index in [-0.39, 0.29) is 10.6 Å². The Balaban J connectivity index is 2.66. The first-order chi connectivity index (χ1) is 9.00. The van der Waals surface area contributed by atoms with Crippen LogP contribution in [0.1, 0.15) is 12.7 Å². The van der Waals surface area contributed by atoms with Crippen LogP contribution in [0.2, 0.25) is 5.02 Å². The van der Waals surface area contributed by atoms with Crippen molar-refractivity contribution in [3.8, 4) is 5.75 Å². The van der Waals surface area contributed by atoms with Gasteiger partial charge in [-0.1, -0.05) is 18.5 Å². The summed E-state index contributed by atoms with van der Waals surface area (Å²) in [7, 11) is -2.35. The summed E-state index contributed by atoms with van der Waals surface area (Å²) < 4.78 is 31.4. The Bertz CT molecular complexity index is 695. The van der Waals surface area contributed by atoms with E-state index in [2.05, 4.69) is 4.98 Å². The number of nitrogens with zero attached hydrogens (tertiary/aromatic N) is 2. The molecule has 2 rings (SSSR count). The zero-order chi connectivity index (χ0) is 14.0. The Hall–Kier alpha value is -1.53. The van der Waals surface area contributed by atoms with E-state index in [1.807, 2.05) is 6.92 Å². The highest BCUT2D eigenvalue weighted by Gasteiger charge is 2.24. The van der Waals surface area contributed by atoms with Crippen molar-refractivity contribution in [2.45, 2.75) is 18.2 Å². The number of hydrogen-bond donors (Lipinski definition) is 0. The number of aryl methyl sites for hydroxylation is 1. The van der Waals surface area contributed by atoms with E-state index in [4.69, 9.17) is 16.3 Å². The van der Waals surface area contributed by atoms with Crippen LogP contribution in [0.4, 0.5) is 0 Å². The van der Waals surface area contributed by atoms with Gasteiger partial charge in [0.15, 0.2) is 0 Å². The second-order valence-corrected chi connectivity index (χ2v) is 6.01. The molecule has 0 bridgehead atoms. The van der Waals surface area contributed by atoms with E-state index in [1.54, 1.807) is 6.07 Å². The van der Waals surface area contributed by atoms with Crippen LogP contribution in [0.25, 0.3) is 0 Å². The summed E-state index contributed by atoms with van der Waals surface area (Å²) >= 11 is 5.87. The maximum absolute atomic E-state index is 12.6. The predicted molar refractivity (Wildman–Crippen MR) is 72.2 cm³/mol. The molecule has 0 atom stereocenters. The lowest BCUT2D eigenvalue weighted by molar-refractivity contribution is 0.402. The summed E-state index contributed by atoms with van der Waals surface area (Å²) in [5, 5.41) is 0.331. The van der Waals surface area contributed by atoms with Gasteiger partial charge in [-0.3, -0.25) is 0 Å². The number of halogens is 1. The fraction of sp³-hybridized carbons (Fsp3) is 0.250. The highest BCUT2D eigenvalue weighted by Crippen LogP contribution is 2.29. The minimum atomic E-state index is -3.76. The summed E-state index contributed by atoms with van der Waals surface area (Å²) in [4.78, 5) is 4.04. The average Bonchev–Trinajstić information content (AvgIpc) is 2.87. The van der Waals surface area contributed by atoms with Gasteiger partial charge in [0.1, 0.15) is 16.5 Å². The third-order valence-corrected chi connectivity index (χ3v) is 4.62. The number of aromatic nitrogens is 2. The smallest absolute Gasteiger partial charge is 0.272 e. The van der Waals surface area contributed by atoms with Crippen LogP contribution >= 0.6 is 11.6 Å². The fourth-order valence-electron chi connectivity index (χ4n) is 1.75. The van der Waals surface area contributed by atoms with Crippen molar-refractivity contribution in [3.05, 3.63) is 41.4 Å². The maximum Gasteiger partial charge on any atom is 0.272 e. The monoisotopic (exact) mass is 300 g/mol. The Morgan fingerprint density at radius 1 is 1.42 bits per heavy atom. The van der Waals surface area contributed by atoms with E-state index in [0.717, 1.165) is 3.97 Å². The van der Waals surface area contributed by atoms with Crippen molar-refractivity contribution >= 4 is 21.6 Å². The summed E-state index contributed by atoms with van der Waals surface area (Å²) in [6.45, 7) is 1.84. The lowest BCUT2D eigenvalue weighted by Crippen LogP contribution is -2.16. The minimum absolute atomic E-state index is 0.0233. The number of imidazole rings is 1. The van der Waals surface area contributed by atoms with Crippen molar-refractivity contribution in [1.82, 2.24) is 8.96 Å². The molecule has 0 saturated carbocycles. The molecule has 0 amide bonds. The molecule has 2 aromatic rings. The topological polar surface area (TPSA) is 61.2 Å². The molecular weight excluding hydrogens is 288 g/mol. The largest absolute Gasteiger partial charge is 0.495 e. The lowest BCUT2D eigenvalue weighted by atomic mass is 10.3. The zero-order valence-electron chi connectivity index (χ0n) is 10.5. The second kappa shape index (κ2) is 5.22. The number of ether oxygens (including phenoxy) is 1. The molecule has 0 aliphatic heterocycles. The van der Waals surface area contributed by atoms with E-state index in [1.165, 1.54) is 31.6 Å². The van der Waals surface area contributed by atoms with Crippen LogP contribution in [-0.2, 0) is 16.4 Å². The highest BCUT2D eigenvalue weighted by atomic mass is 35.5. The molecule has 5 nitrogen and oxygen atoms in total. The lowest BCUT2D eigenvalue weighted by Gasteiger charge is -2.12. The highest BCUT2D eigenvalue weighted by molar-refractivity contribution is 7.90. The SMILES string of the molecule is CCc1nccn1S(=O)(=O)c1cc(Cl)ccc1OC. The molecule has 0 spiro atoms. The van der Waals surface area contributed by atoms with Crippen LogP contribution in [0.5, 0.6) is 5.75 Å². The van der Waals surface area contributed by atoms with Crippen LogP contribution < -0.4 is 4.74 Å². The molecule has 0 aliphatic carbocycles. The Morgan fingerprint density at radius 2 is 2.16 bits per heavy atom. The normalized spacial score (nSPS) is 11.5. The number of rotatable bonds is 4. The van der Waals surface area contributed by atoms with Gasteiger partial charge in [-0.15, -0.1) is 0 Å². The minimum Gasteiger partial charge on any atom is -0.495 e. The van der Waals surface area contributed by atoms with Crippen molar-refractivity contribution in [2.24, 2.45) is 0 Å². The van der Waals surface area contributed by atoms with Gasteiger partial charge >= 0.3 is 0 Å². The number of hydrogen-bond acceptors (Lipinski definition) is 4. The van der Waals surface area contributed by atoms with E-state index < -0.39 is 10.0 Å². The van der Waals surface area contributed by atoms with Crippen LogP contribution in [0, 0.1) is 0 Å². The van der Waals surface area contributed by atoms with Crippen molar-refractivity contribution in [2.75, 3.05) is 7.11 Å². The molecule has 1 aromatic carbocycles. The van der Waals surface area contributed by atoms with E-state index in [0.29, 0.717) is 17.3 Å². The van der Waals surface area contributed by atoms with Gasteiger partial charge in [-0.25, -0.2) is 17.4 Å². The van der Waals surface area contributed by atoms with Gasteiger partial charge in [0.05, 0.1) is 7.11 Å². The molecular formula is C12H13ClN2O3S. The van der Waals surface area contributed by atoms with Gasteiger partial charge in [0, 0.05) is 23.8 Å². The molecule has 1 heterocycles. The van der Waals surface area contributed by atoms with Gasteiger partial charge < -0.3 is 4.74 Å². The molecule has 7 heteroatoms. The van der Waals surface area contributed by atoms with Crippen LogP contribution in [0.15, 0.2) is 35.5 Å². The Kier molecular flexibility index (Phi) is 3.82. The predicted octanol–water partition coefficient (Wildman–Crippen LogP) is 2.34. The Labute approximate surface area is 116 Å². The molecule has 1 aromatic heterocycles. The molecule has 19 heavy (non-hydrogen) atoms. The fourth-order valence-corrected chi connectivity index (χ4v) is 3.55. The van der Waals surface area contributed by atoms with Gasteiger partial charge in [0.2, 0.25) is 0 Å². The van der Waals surface area contributed by atoms with Crippen LogP contribution in [-0.4, -0.2) is 24.5 Å². The first kappa shape index (κ1) is 13.9. The summed E-state index contributed by atoms with van der Waals surface area (Å²) in [5.41, 5.74) is 0. The average molecular weight is 301 g/mol. The first-order valence-corrected chi connectivity index (χ1v) is 7.44. The maximum atomic E-state index is 12.6. The molecule has 0 unspecified atom stereocenters. The summed E-state index contributed by atoms with van der Waals surface area (Å²) in [6.07, 6.45) is 3.37. The summed E-state index contributed by atoms with van der Waals surface area (Å²) in [6, 6.07) is 4.47. The standard InChI is InChI=1S/C12H13ClN2O3S/c1-3-12-14-6-7-15(12)19(16,17)11-8-9(13)4-5-10(11)18-2/h4-8H,3H2,1-2H3. The molecule has 0 fully saturated rings. The Morgan fingerprint density at radius 3 is 2.79 bits per heavy atom. The third kappa shape index (κ3) is 2.46. The van der Waals surface area contributed by atoms with Gasteiger partial charge in [-0.05, 0) is 18.2 Å². The molecule has 102 valence electrons. The quantitative estimate of drug-likeness (QED) is 0.869. The van der Waals surface area contributed by atoms with Crippen molar-refractivity contribution < 1.29 is 13.2 Å². The van der Waals surface area contributed by atoms with Gasteiger partial charge in [-0.2, -0.15) is 0 Å². The molecule has 0 aliphatic rings. The van der Waals surface area contributed by atoms with Crippen LogP contribution in [0.3, 0.4) is 0 Å². The number of methoxy groups -OCH3 is 1. The molecule has 0 saturated heterocycles. The second-order valence-electron chi connectivity index (χ2n) is 3.79. The van der Waals surface area contributed by atoms with Crippen molar-refractivity contribution in [1.29, 1.82) is 0 Å². The van der Waals surface area contributed by atoms with E-state index in [9.17, 15) is 8.42 Å². The van der Waals surface area contributed by atoms with E-state index >= 15 is 0 Å². The summed E-state index contributed by atoms with van der Waals surface area (Å²) in [5.74, 6) is 0.710. The van der Waals surface area contributed by atoms with Crippen molar-refractivity contribution in [3.63, 3.8) is 0 Å². The third-order valence-electron chi connectivity index (χ3n) is 2.66. The first-order valence-electron chi connectivity index (χ1n) is 5.62. The zero-order valence-corrected chi connectivity index (χ0v) is 12.1.